The number of para-hydroxylation sites is 2. The molecule has 0 bridgehead atoms. The maximum absolute atomic E-state index is 13.5. The van der Waals surface area contributed by atoms with Crippen molar-refractivity contribution in [2.24, 2.45) is 0 Å². The molecule has 1 saturated heterocycles. The minimum atomic E-state index is -4.67. The molecule has 0 aliphatic carbocycles. The molecule has 1 unspecified atom stereocenters. The summed E-state index contributed by atoms with van der Waals surface area (Å²) in [5.41, 5.74) is 0.455. The van der Waals surface area contributed by atoms with Crippen molar-refractivity contribution in [1.29, 1.82) is 0 Å². The van der Waals surface area contributed by atoms with Crippen molar-refractivity contribution < 1.29 is 27.1 Å². The third kappa shape index (κ3) is 4.75. The zero-order chi connectivity index (χ0) is 22.0. The zero-order valence-corrected chi connectivity index (χ0v) is 17.0. The predicted octanol–water partition coefficient (Wildman–Crippen LogP) is 3.15. The number of fused-ring (bicyclic) bond motifs is 1. The van der Waals surface area contributed by atoms with Crippen molar-refractivity contribution in [3.63, 3.8) is 0 Å². The lowest BCUT2D eigenvalue weighted by Gasteiger charge is -2.33. The van der Waals surface area contributed by atoms with Gasteiger partial charge in [-0.25, -0.2) is 4.98 Å². The molecule has 2 aromatic heterocycles. The van der Waals surface area contributed by atoms with E-state index in [-0.39, 0.29) is 23.6 Å². The second-order valence-corrected chi connectivity index (χ2v) is 7.42. The van der Waals surface area contributed by atoms with E-state index < -0.39 is 24.5 Å². The SMILES string of the molecule is Cc1ccc(C(CNC(=O)Cn2c(C(F)(F)F)nc3ccccc32)N2CCOCC2)o1. The van der Waals surface area contributed by atoms with Crippen LogP contribution in [0.15, 0.2) is 40.8 Å². The number of amides is 1. The number of aryl methyl sites for hydroxylation is 1. The van der Waals surface area contributed by atoms with Crippen molar-refractivity contribution in [1.82, 2.24) is 19.8 Å². The van der Waals surface area contributed by atoms with Crippen molar-refractivity contribution in [3.8, 4) is 0 Å². The molecule has 3 heterocycles. The van der Waals surface area contributed by atoms with Gasteiger partial charge in [0.25, 0.3) is 0 Å². The topological polar surface area (TPSA) is 72.5 Å². The highest BCUT2D eigenvalue weighted by molar-refractivity contribution is 5.81. The molecule has 31 heavy (non-hydrogen) atoms. The molecule has 3 aromatic rings. The summed E-state index contributed by atoms with van der Waals surface area (Å²) in [4.78, 5) is 18.5. The number of ether oxygens (including phenoxy) is 1. The van der Waals surface area contributed by atoms with E-state index in [2.05, 4.69) is 15.2 Å². The van der Waals surface area contributed by atoms with Gasteiger partial charge >= 0.3 is 6.18 Å². The fourth-order valence-electron chi connectivity index (χ4n) is 3.79. The van der Waals surface area contributed by atoms with E-state index in [0.717, 1.165) is 10.3 Å². The standard InChI is InChI=1S/C21H23F3N4O3/c1-14-6-7-18(31-14)17(27-8-10-30-11-9-27)12-25-19(29)13-28-16-5-3-2-4-15(16)26-20(28)21(22,23)24/h2-7,17H,8-13H2,1H3,(H,25,29). The van der Waals surface area contributed by atoms with Gasteiger partial charge in [-0.3, -0.25) is 9.69 Å². The number of rotatable bonds is 6. The fourth-order valence-corrected chi connectivity index (χ4v) is 3.79. The third-order valence-corrected chi connectivity index (χ3v) is 5.28. The number of alkyl halides is 3. The number of furan rings is 1. The lowest BCUT2D eigenvalue weighted by atomic mass is 10.1. The summed E-state index contributed by atoms with van der Waals surface area (Å²) in [7, 11) is 0. The van der Waals surface area contributed by atoms with Crippen LogP contribution in [0.3, 0.4) is 0 Å². The molecule has 1 atom stereocenters. The predicted molar refractivity (Wildman–Crippen MR) is 106 cm³/mol. The van der Waals surface area contributed by atoms with E-state index in [1.165, 1.54) is 12.1 Å². The average molecular weight is 436 g/mol. The first-order chi connectivity index (χ1) is 14.8. The molecule has 166 valence electrons. The Kier molecular flexibility index (Phi) is 6.01. The van der Waals surface area contributed by atoms with Crippen molar-refractivity contribution >= 4 is 16.9 Å². The van der Waals surface area contributed by atoms with Crippen LogP contribution in [0, 0.1) is 6.92 Å². The Morgan fingerprint density at radius 3 is 2.61 bits per heavy atom. The number of hydrogen-bond donors (Lipinski definition) is 1. The Labute approximate surface area is 176 Å². The van der Waals surface area contributed by atoms with E-state index in [0.29, 0.717) is 32.1 Å². The first-order valence-electron chi connectivity index (χ1n) is 10.0. The first-order valence-corrected chi connectivity index (χ1v) is 10.0. The molecule has 0 saturated carbocycles. The summed E-state index contributed by atoms with van der Waals surface area (Å²) >= 11 is 0. The molecular weight excluding hydrogens is 413 g/mol. The van der Waals surface area contributed by atoms with Crippen LogP contribution >= 0.6 is 0 Å². The molecule has 7 nitrogen and oxygen atoms in total. The highest BCUT2D eigenvalue weighted by atomic mass is 19.4. The summed E-state index contributed by atoms with van der Waals surface area (Å²) in [6, 6.07) is 9.71. The molecule has 1 N–H and O–H groups in total. The van der Waals surface area contributed by atoms with Gasteiger partial charge in [-0.05, 0) is 31.2 Å². The fraction of sp³-hybridized carbons (Fsp3) is 0.429. The third-order valence-electron chi connectivity index (χ3n) is 5.28. The summed E-state index contributed by atoms with van der Waals surface area (Å²) in [5, 5.41) is 2.77. The molecule has 1 aromatic carbocycles. The highest BCUT2D eigenvalue weighted by Crippen LogP contribution is 2.31. The van der Waals surface area contributed by atoms with E-state index in [4.69, 9.17) is 9.15 Å². The van der Waals surface area contributed by atoms with Crippen LogP contribution in [0.5, 0.6) is 0 Å². The van der Waals surface area contributed by atoms with Crippen LogP contribution in [0.1, 0.15) is 23.4 Å². The number of hydrogen-bond acceptors (Lipinski definition) is 5. The van der Waals surface area contributed by atoms with Crippen molar-refractivity contribution in [2.45, 2.75) is 25.7 Å². The summed E-state index contributed by atoms with van der Waals surface area (Å²) in [5.74, 6) is -0.173. The van der Waals surface area contributed by atoms with Crippen molar-refractivity contribution in [3.05, 3.63) is 53.7 Å². The second-order valence-electron chi connectivity index (χ2n) is 7.42. The van der Waals surface area contributed by atoms with Crippen molar-refractivity contribution in [2.75, 3.05) is 32.8 Å². The van der Waals surface area contributed by atoms with Gasteiger partial charge in [0.2, 0.25) is 11.7 Å². The number of halogens is 3. The van der Waals surface area contributed by atoms with Gasteiger partial charge < -0.3 is 19.0 Å². The Morgan fingerprint density at radius 2 is 1.94 bits per heavy atom. The van der Waals surface area contributed by atoms with Crippen LogP contribution in [-0.2, 0) is 22.3 Å². The van der Waals surface area contributed by atoms with Crippen LogP contribution in [-0.4, -0.2) is 53.2 Å². The Bertz CT molecular complexity index is 1050. The number of aromatic nitrogens is 2. The maximum Gasteiger partial charge on any atom is 0.449 e. The van der Waals surface area contributed by atoms with Gasteiger partial charge in [-0.15, -0.1) is 0 Å². The lowest BCUT2D eigenvalue weighted by molar-refractivity contribution is -0.147. The number of morpholine rings is 1. The quantitative estimate of drug-likeness (QED) is 0.643. The monoisotopic (exact) mass is 436 g/mol. The van der Waals surface area contributed by atoms with Crippen LogP contribution in [0.2, 0.25) is 0 Å². The molecule has 0 spiro atoms. The summed E-state index contributed by atoms with van der Waals surface area (Å²) in [6.07, 6.45) is -4.67. The largest absolute Gasteiger partial charge is 0.465 e. The Morgan fingerprint density at radius 1 is 1.19 bits per heavy atom. The van der Waals surface area contributed by atoms with Gasteiger partial charge in [-0.2, -0.15) is 13.2 Å². The molecule has 4 rings (SSSR count). The number of carbonyl (C=O) groups is 1. The van der Waals surface area contributed by atoms with E-state index in [1.54, 1.807) is 12.1 Å². The molecule has 0 radical (unpaired) electrons. The molecular formula is C21H23F3N4O3. The van der Waals surface area contributed by atoms with Gasteiger partial charge in [0.1, 0.15) is 18.1 Å². The molecule has 1 amide bonds. The summed E-state index contributed by atoms with van der Waals surface area (Å²) in [6.45, 7) is 4.04. The number of imidazole rings is 1. The average Bonchev–Trinajstić information content (AvgIpc) is 3.33. The minimum Gasteiger partial charge on any atom is -0.465 e. The van der Waals surface area contributed by atoms with Crippen LogP contribution < -0.4 is 5.32 Å². The Balaban J connectivity index is 1.51. The second kappa shape index (κ2) is 8.72. The number of carbonyl (C=O) groups excluding carboxylic acids is 1. The van der Waals surface area contributed by atoms with Crippen LogP contribution in [0.4, 0.5) is 13.2 Å². The van der Waals surface area contributed by atoms with Gasteiger partial charge in [-0.1, -0.05) is 12.1 Å². The molecule has 1 aliphatic rings. The lowest BCUT2D eigenvalue weighted by Crippen LogP contribution is -2.44. The number of nitrogens with one attached hydrogen (secondary N) is 1. The highest BCUT2D eigenvalue weighted by Gasteiger charge is 2.38. The zero-order valence-electron chi connectivity index (χ0n) is 17.0. The van der Waals surface area contributed by atoms with E-state index in [1.807, 2.05) is 19.1 Å². The number of benzene rings is 1. The van der Waals surface area contributed by atoms with Gasteiger partial charge in [0.15, 0.2) is 0 Å². The van der Waals surface area contributed by atoms with E-state index in [9.17, 15) is 18.0 Å². The minimum absolute atomic E-state index is 0.194. The van der Waals surface area contributed by atoms with Crippen LogP contribution in [0.25, 0.3) is 11.0 Å². The van der Waals surface area contributed by atoms with Gasteiger partial charge in [0, 0.05) is 19.6 Å². The summed E-state index contributed by atoms with van der Waals surface area (Å²) < 4.78 is 52.5. The van der Waals surface area contributed by atoms with Gasteiger partial charge in [0.05, 0.1) is 30.3 Å². The number of nitrogens with zero attached hydrogens (tertiary/aromatic N) is 3. The van der Waals surface area contributed by atoms with E-state index >= 15 is 0 Å². The maximum atomic E-state index is 13.5. The molecule has 1 fully saturated rings. The molecule has 1 aliphatic heterocycles. The normalized spacial score (nSPS) is 16.5. The Hall–Kier alpha value is -2.85. The molecule has 10 heteroatoms. The first kappa shape index (κ1) is 21.4. The smallest absolute Gasteiger partial charge is 0.449 e.